The van der Waals surface area contributed by atoms with E-state index in [1.54, 1.807) is 6.07 Å². The second-order valence-electron chi connectivity index (χ2n) is 5.18. The third-order valence-corrected chi connectivity index (χ3v) is 4.99. The van der Waals surface area contributed by atoms with Crippen LogP contribution in [0.5, 0.6) is 5.75 Å². The molecule has 1 aromatic rings. The van der Waals surface area contributed by atoms with Crippen molar-refractivity contribution in [3.05, 3.63) is 18.2 Å². The van der Waals surface area contributed by atoms with Crippen LogP contribution in [0.15, 0.2) is 23.1 Å². The zero-order valence-corrected chi connectivity index (χ0v) is 12.6. The zero-order chi connectivity index (χ0) is 14.8. The van der Waals surface area contributed by atoms with Crippen LogP contribution in [0.2, 0.25) is 0 Å². The Balaban J connectivity index is 2.10. The number of likely N-dealkylation sites (tertiary alicyclic amines) is 1. The first-order valence-electron chi connectivity index (χ1n) is 6.54. The Labute approximate surface area is 120 Å². The van der Waals surface area contributed by atoms with E-state index in [9.17, 15) is 8.42 Å². The first-order chi connectivity index (χ1) is 9.42. The number of anilines is 1. The van der Waals surface area contributed by atoms with Gasteiger partial charge in [0.2, 0.25) is 10.0 Å². The lowest BCUT2D eigenvalue weighted by Crippen LogP contribution is -2.30. The van der Waals surface area contributed by atoms with Gasteiger partial charge in [-0.2, -0.15) is 0 Å². The number of benzene rings is 1. The summed E-state index contributed by atoms with van der Waals surface area (Å²) >= 11 is 0. The summed E-state index contributed by atoms with van der Waals surface area (Å²) in [5, 5.41) is 0. The molecule has 1 heterocycles. The van der Waals surface area contributed by atoms with E-state index < -0.39 is 10.0 Å². The number of sulfonamides is 1. The fourth-order valence-corrected chi connectivity index (χ4v) is 3.67. The van der Waals surface area contributed by atoms with Gasteiger partial charge in [-0.05, 0) is 38.1 Å². The van der Waals surface area contributed by atoms with Crippen molar-refractivity contribution in [2.75, 3.05) is 39.5 Å². The summed E-state index contributed by atoms with van der Waals surface area (Å²) in [4.78, 5) is 2.32. The van der Waals surface area contributed by atoms with Crippen LogP contribution in [-0.2, 0) is 10.0 Å². The number of nitrogens with zero attached hydrogens (tertiary/aromatic N) is 1. The van der Waals surface area contributed by atoms with Crippen molar-refractivity contribution in [1.29, 1.82) is 0 Å². The summed E-state index contributed by atoms with van der Waals surface area (Å²) in [5.41, 5.74) is 6.10. The van der Waals surface area contributed by atoms with Gasteiger partial charge in [-0.1, -0.05) is 0 Å². The van der Waals surface area contributed by atoms with E-state index in [0.717, 1.165) is 19.5 Å². The number of ether oxygens (including phenoxy) is 1. The second-order valence-corrected chi connectivity index (χ2v) is 6.91. The molecule has 112 valence electrons. The Morgan fingerprint density at radius 2 is 2.25 bits per heavy atom. The minimum atomic E-state index is -3.57. The average molecular weight is 299 g/mol. The van der Waals surface area contributed by atoms with E-state index in [1.165, 1.54) is 19.2 Å². The Hall–Kier alpha value is -1.31. The molecule has 0 radical (unpaired) electrons. The summed E-state index contributed by atoms with van der Waals surface area (Å²) < 4.78 is 32.4. The quantitative estimate of drug-likeness (QED) is 0.774. The van der Waals surface area contributed by atoms with Gasteiger partial charge >= 0.3 is 0 Å². The van der Waals surface area contributed by atoms with Crippen molar-refractivity contribution < 1.29 is 13.2 Å². The molecule has 0 spiro atoms. The van der Waals surface area contributed by atoms with Gasteiger partial charge in [-0.3, -0.25) is 0 Å². The number of rotatable bonds is 5. The highest BCUT2D eigenvalue weighted by Crippen LogP contribution is 2.26. The Bertz CT molecular complexity index is 574. The minimum Gasteiger partial charge on any atom is -0.495 e. The molecule has 0 bridgehead atoms. The van der Waals surface area contributed by atoms with Crippen molar-refractivity contribution in [2.45, 2.75) is 11.3 Å². The van der Waals surface area contributed by atoms with Gasteiger partial charge < -0.3 is 15.4 Å². The van der Waals surface area contributed by atoms with Crippen LogP contribution in [0.25, 0.3) is 0 Å². The Kier molecular flexibility index (Phi) is 4.52. The number of hydrogen-bond donors (Lipinski definition) is 2. The highest BCUT2D eigenvalue weighted by molar-refractivity contribution is 7.89. The maximum atomic E-state index is 12.3. The molecule has 0 saturated carbocycles. The molecule has 1 unspecified atom stereocenters. The predicted molar refractivity (Wildman–Crippen MR) is 78.2 cm³/mol. The zero-order valence-electron chi connectivity index (χ0n) is 11.8. The third-order valence-electron chi connectivity index (χ3n) is 3.53. The molecule has 1 aliphatic rings. The van der Waals surface area contributed by atoms with E-state index in [0.29, 0.717) is 18.2 Å². The standard InChI is InChI=1S/C13H21N3O3S/c1-16-6-5-10(9-16)8-15-20(17,18)13-4-3-11(14)7-12(13)19-2/h3-4,7,10,15H,5-6,8-9,14H2,1-2H3. The van der Waals surface area contributed by atoms with Gasteiger partial charge in [-0.25, -0.2) is 13.1 Å². The van der Waals surface area contributed by atoms with Crippen molar-refractivity contribution in [3.8, 4) is 5.75 Å². The Morgan fingerprint density at radius 1 is 1.50 bits per heavy atom. The smallest absolute Gasteiger partial charge is 0.244 e. The fourth-order valence-electron chi connectivity index (χ4n) is 2.40. The summed E-state index contributed by atoms with van der Waals surface area (Å²) in [6.45, 7) is 2.37. The molecule has 1 fully saturated rings. The highest BCUT2D eigenvalue weighted by atomic mass is 32.2. The topological polar surface area (TPSA) is 84.7 Å². The first-order valence-corrected chi connectivity index (χ1v) is 8.02. The summed E-state index contributed by atoms with van der Waals surface area (Å²) in [6, 6.07) is 4.54. The fraction of sp³-hybridized carbons (Fsp3) is 0.538. The SMILES string of the molecule is COc1cc(N)ccc1S(=O)(=O)NCC1CCN(C)C1. The van der Waals surface area contributed by atoms with Crippen molar-refractivity contribution in [3.63, 3.8) is 0 Å². The van der Waals surface area contributed by atoms with Gasteiger partial charge in [0.05, 0.1) is 7.11 Å². The van der Waals surface area contributed by atoms with E-state index in [-0.39, 0.29) is 10.6 Å². The van der Waals surface area contributed by atoms with Crippen LogP contribution in [0.3, 0.4) is 0 Å². The molecule has 1 aromatic carbocycles. The van der Waals surface area contributed by atoms with E-state index in [4.69, 9.17) is 10.5 Å². The molecule has 1 atom stereocenters. The van der Waals surface area contributed by atoms with Crippen LogP contribution in [0.1, 0.15) is 6.42 Å². The maximum Gasteiger partial charge on any atom is 0.244 e. The lowest BCUT2D eigenvalue weighted by Gasteiger charge is -2.14. The van der Waals surface area contributed by atoms with Gasteiger partial charge in [0, 0.05) is 24.8 Å². The predicted octanol–water partition coefficient (Wildman–Crippen LogP) is 0.507. The molecule has 2 rings (SSSR count). The van der Waals surface area contributed by atoms with Crippen LogP contribution in [0.4, 0.5) is 5.69 Å². The molecular weight excluding hydrogens is 278 g/mol. The van der Waals surface area contributed by atoms with Gasteiger partial charge in [0.15, 0.2) is 0 Å². The molecular formula is C13H21N3O3S. The molecule has 7 heteroatoms. The van der Waals surface area contributed by atoms with E-state index in [2.05, 4.69) is 9.62 Å². The molecule has 0 aliphatic carbocycles. The molecule has 20 heavy (non-hydrogen) atoms. The lowest BCUT2D eigenvalue weighted by atomic mass is 10.1. The molecule has 1 aliphatic heterocycles. The van der Waals surface area contributed by atoms with Gasteiger partial charge in [0.1, 0.15) is 10.6 Å². The first kappa shape index (κ1) is 15.1. The van der Waals surface area contributed by atoms with Gasteiger partial charge in [-0.15, -0.1) is 0 Å². The van der Waals surface area contributed by atoms with E-state index in [1.807, 2.05) is 7.05 Å². The summed E-state index contributed by atoms with van der Waals surface area (Å²) in [5.74, 6) is 0.621. The van der Waals surface area contributed by atoms with Gasteiger partial charge in [0.25, 0.3) is 0 Å². The van der Waals surface area contributed by atoms with Crippen LogP contribution >= 0.6 is 0 Å². The number of methoxy groups -OCH3 is 1. The normalized spacial score (nSPS) is 20.2. The maximum absolute atomic E-state index is 12.3. The number of nitrogens with two attached hydrogens (primary N) is 1. The molecule has 1 saturated heterocycles. The monoisotopic (exact) mass is 299 g/mol. The van der Waals surface area contributed by atoms with Crippen LogP contribution in [-0.4, -0.2) is 47.1 Å². The van der Waals surface area contributed by atoms with Crippen molar-refractivity contribution in [2.24, 2.45) is 5.92 Å². The van der Waals surface area contributed by atoms with E-state index >= 15 is 0 Å². The highest BCUT2D eigenvalue weighted by Gasteiger charge is 2.24. The number of nitrogens with one attached hydrogen (secondary N) is 1. The van der Waals surface area contributed by atoms with Crippen molar-refractivity contribution >= 4 is 15.7 Å². The molecule has 6 nitrogen and oxygen atoms in total. The van der Waals surface area contributed by atoms with Crippen LogP contribution < -0.4 is 15.2 Å². The summed E-state index contributed by atoms with van der Waals surface area (Å²) in [6.07, 6.45) is 1.01. The number of nitrogen functional groups attached to an aromatic ring is 1. The molecule has 3 N–H and O–H groups in total. The average Bonchev–Trinajstić information content (AvgIpc) is 2.82. The lowest BCUT2D eigenvalue weighted by molar-refractivity contribution is 0.393. The Morgan fingerprint density at radius 3 is 2.85 bits per heavy atom. The largest absolute Gasteiger partial charge is 0.495 e. The third kappa shape index (κ3) is 3.41. The summed E-state index contributed by atoms with van der Waals surface area (Å²) in [7, 11) is -0.104. The second kappa shape index (κ2) is 5.99. The van der Waals surface area contributed by atoms with Crippen molar-refractivity contribution in [1.82, 2.24) is 9.62 Å². The minimum absolute atomic E-state index is 0.126. The van der Waals surface area contributed by atoms with Crippen LogP contribution in [0, 0.1) is 5.92 Å². The molecule has 0 amide bonds. The molecule has 0 aromatic heterocycles. The number of hydrogen-bond acceptors (Lipinski definition) is 5.